The fourth-order valence-electron chi connectivity index (χ4n) is 1.93. The molecule has 0 amide bonds. The summed E-state index contributed by atoms with van der Waals surface area (Å²) < 4.78 is 31.2. The minimum atomic E-state index is -0.804. The molecule has 1 atom stereocenters. The van der Waals surface area contributed by atoms with Crippen LogP contribution in [0, 0.1) is 17.6 Å². The third-order valence-electron chi connectivity index (χ3n) is 2.98. The molecule has 0 saturated carbocycles. The monoisotopic (exact) mass is 252 g/mol. The van der Waals surface area contributed by atoms with Crippen LogP contribution in [0.25, 0.3) is 0 Å². The highest BCUT2D eigenvalue weighted by Gasteiger charge is 2.17. The molecule has 1 aliphatic rings. The first-order valence-electron chi connectivity index (χ1n) is 5.94. The van der Waals surface area contributed by atoms with Crippen molar-refractivity contribution in [2.24, 2.45) is 5.92 Å². The molecule has 0 radical (unpaired) electrons. The third-order valence-corrected chi connectivity index (χ3v) is 2.98. The Morgan fingerprint density at radius 1 is 1.33 bits per heavy atom. The molecule has 0 aliphatic heterocycles. The summed E-state index contributed by atoms with van der Waals surface area (Å²) in [5, 5.41) is 0. The molecule has 0 heterocycles. The molecule has 0 bridgehead atoms. The Morgan fingerprint density at radius 2 is 2.17 bits per heavy atom. The summed E-state index contributed by atoms with van der Waals surface area (Å²) in [5.74, 6) is -1.94. The molecule has 1 aliphatic carbocycles. The Kier molecular flexibility index (Phi) is 4.07. The standard InChI is InChI=1S/C14H14F2O2/c15-11-6-7-13(16)12(8-11)14(17)18-9-10-4-2-1-3-5-10/h1-2,6-8,10H,3-5,9H2. The Balaban J connectivity index is 1.95. The first kappa shape index (κ1) is 12.7. The number of ether oxygens (including phenoxy) is 1. The van der Waals surface area contributed by atoms with Gasteiger partial charge in [-0.2, -0.15) is 0 Å². The van der Waals surface area contributed by atoms with E-state index in [1.54, 1.807) is 0 Å². The van der Waals surface area contributed by atoms with Crippen LogP contribution >= 0.6 is 0 Å². The van der Waals surface area contributed by atoms with Crippen LogP contribution < -0.4 is 0 Å². The zero-order chi connectivity index (χ0) is 13.0. The highest BCUT2D eigenvalue weighted by Crippen LogP contribution is 2.19. The molecule has 0 aromatic heterocycles. The largest absolute Gasteiger partial charge is 0.462 e. The predicted molar refractivity (Wildman–Crippen MR) is 63.1 cm³/mol. The number of carbonyl (C=O) groups is 1. The average Bonchev–Trinajstić information content (AvgIpc) is 2.40. The number of esters is 1. The van der Waals surface area contributed by atoms with Gasteiger partial charge in [0.1, 0.15) is 11.6 Å². The molecule has 2 rings (SSSR count). The maximum atomic E-state index is 13.3. The third kappa shape index (κ3) is 3.15. The minimum absolute atomic E-state index is 0.249. The van der Waals surface area contributed by atoms with Gasteiger partial charge in [0.2, 0.25) is 0 Å². The Hall–Kier alpha value is -1.71. The molecule has 2 nitrogen and oxygen atoms in total. The van der Waals surface area contributed by atoms with E-state index in [1.165, 1.54) is 0 Å². The van der Waals surface area contributed by atoms with Crippen molar-refractivity contribution in [2.45, 2.75) is 19.3 Å². The first-order valence-corrected chi connectivity index (χ1v) is 5.94. The number of hydrogen-bond acceptors (Lipinski definition) is 2. The summed E-state index contributed by atoms with van der Waals surface area (Å²) in [5.41, 5.74) is -0.346. The van der Waals surface area contributed by atoms with E-state index in [0.717, 1.165) is 37.5 Å². The van der Waals surface area contributed by atoms with Gasteiger partial charge in [-0.15, -0.1) is 0 Å². The van der Waals surface area contributed by atoms with Crippen molar-refractivity contribution < 1.29 is 18.3 Å². The molecule has 4 heteroatoms. The van der Waals surface area contributed by atoms with Gasteiger partial charge in [0.25, 0.3) is 0 Å². The minimum Gasteiger partial charge on any atom is -0.462 e. The van der Waals surface area contributed by atoms with E-state index < -0.39 is 17.6 Å². The number of benzene rings is 1. The van der Waals surface area contributed by atoms with Gasteiger partial charge in [-0.3, -0.25) is 0 Å². The average molecular weight is 252 g/mol. The van der Waals surface area contributed by atoms with Crippen molar-refractivity contribution in [3.05, 3.63) is 47.5 Å². The number of allylic oxidation sites excluding steroid dienone is 2. The van der Waals surface area contributed by atoms with Crippen LogP contribution in [0.2, 0.25) is 0 Å². The lowest BCUT2D eigenvalue weighted by Crippen LogP contribution is -2.16. The van der Waals surface area contributed by atoms with Gasteiger partial charge >= 0.3 is 5.97 Å². The quantitative estimate of drug-likeness (QED) is 0.608. The van der Waals surface area contributed by atoms with Gasteiger partial charge in [0, 0.05) is 0 Å². The summed E-state index contributed by atoms with van der Waals surface area (Å²) in [4.78, 5) is 11.6. The number of carbonyl (C=O) groups excluding carboxylic acids is 1. The number of hydrogen-bond donors (Lipinski definition) is 0. The zero-order valence-corrected chi connectivity index (χ0v) is 9.86. The van der Waals surface area contributed by atoms with E-state index >= 15 is 0 Å². The van der Waals surface area contributed by atoms with E-state index in [0.29, 0.717) is 0 Å². The second-order valence-corrected chi connectivity index (χ2v) is 4.37. The van der Waals surface area contributed by atoms with E-state index in [4.69, 9.17) is 4.74 Å². The van der Waals surface area contributed by atoms with Crippen LogP contribution in [0.3, 0.4) is 0 Å². The van der Waals surface area contributed by atoms with E-state index in [2.05, 4.69) is 6.08 Å². The molecule has 0 spiro atoms. The fourth-order valence-corrected chi connectivity index (χ4v) is 1.93. The molecule has 1 aromatic rings. The topological polar surface area (TPSA) is 26.3 Å². The van der Waals surface area contributed by atoms with Crippen molar-refractivity contribution in [3.8, 4) is 0 Å². The SMILES string of the molecule is O=C(OCC1CC=CCC1)c1cc(F)ccc1F. The molecule has 1 unspecified atom stereocenters. The van der Waals surface area contributed by atoms with Crippen LogP contribution in [0.5, 0.6) is 0 Å². The second-order valence-electron chi connectivity index (χ2n) is 4.37. The molecule has 0 fully saturated rings. The lowest BCUT2D eigenvalue weighted by atomic mass is 9.95. The van der Waals surface area contributed by atoms with E-state index in [9.17, 15) is 13.6 Å². The Labute approximate surface area is 104 Å². The van der Waals surface area contributed by atoms with Gasteiger partial charge < -0.3 is 4.74 Å². The van der Waals surface area contributed by atoms with Crippen molar-refractivity contribution in [3.63, 3.8) is 0 Å². The van der Waals surface area contributed by atoms with Gasteiger partial charge in [-0.25, -0.2) is 13.6 Å². The Bertz CT molecular complexity index is 469. The summed E-state index contributed by atoms with van der Waals surface area (Å²) >= 11 is 0. The lowest BCUT2D eigenvalue weighted by Gasteiger charge is -2.17. The first-order chi connectivity index (χ1) is 8.66. The number of halogens is 2. The van der Waals surface area contributed by atoms with Gasteiger partial charge in [0.15, 0.2) is 0 Å². The predicted octanol–water partition coefficient (Wildman–Crippen LogP) is 3.48. The van der Waals surface area contributed by atoms with E-state index in [-0.39, 0.29) is 18.1 Å². The molecule has 0 N–H and O–H groups in total. The highest BCUT2D eigenvalue weighted by atomic mass is 19.1. The Morgan fingerprint density at radius 3 is 2.89 bits per heavy atom. The van der Waals surface area contributed by atoms with Gasteiger partial charge in [-0.1, -0.05) is 12.2 Å². The lowest BCUT2D eigenvalue weighted by molar-refractivity contribution is 0.0426. The van der Waals surface area contributed by atoms with E-state index in [1.807, 2.05) is 6.08 Å². The fraction of sp³-hybridized carbons (Fsp3) is 0.357. The molecular formula is C14H14F2O2. The van der Waals surface area contributed by atoms with Crippen molar-refractivity contribution >= 4 is 5.97 Å². The molecular weight excluding hydrogens is 238 g/mol. The summed E-state index contributed by atoms with van der Waals surface area (Å²) in [6, 6.07) is 2.76. The van der Waals surface area contributed by atoms with Crippen LogP contribution in [-0.4, -0.2) is 12.6 Å². The summed E-state index contributed by atoms with van der Waals surface area (Å²) in [6.45, 7) is 0.249. The maximum absolute atomic E-state index is 13.3. The van der Waals surface area contributed by atoms with Crippen LogP contribution in [-0.2, 0) is 4.74 Å². The van der Waals surface area contributed by atoms with Crippen molar-refractivity contribution in [2.75, 3.05) is 6.61 Å². The molecule has 0 saturated heterocycles. The smallest absolute Gasteiger partial charge is 0.341 e. The summed E-state index contributed by atoms with van der Waals surface area (Å²) in [7, 11) is 0. The van der Waals surface area contributed by atoms with Crippen LogP contribution in [0.15, 0.2) is 30.4 Å². The molecule has 1 aromatic carbocycles. The highest BCUT2D eigenvalue weighted by molar-refractivity contribution is 5.89. The maximum Gasteiger partial charge on any atom is 0.341 e. The second kappa shape index (κ2) is 5.76. The number of rotatable bonds is 3. The van der Waals surface area contributed by atoms with Crippen LogP contribution in [0.4, 0.5) is 8.78 Å². The molecule has 18 heavy (non-hydrogen) atoms. The van der Waals surface area contributed by atoms with Crippen molar-refractivity contribution in [1.29, 1.82) is 0 Å². The van der Waals surface area contributed by atoms with Crippen molar-refractivity contribution in [1.82, 2.24) is 0 Å². The molecule has 96 valence electrons. The van der Waals surface area contributed by atoms with Crippen LogP contribution in [0.1, 0.15) is 29.6 Å². The summed E-state index contributed by atoms with van der Waals surface area (Å²) in [6.07, 6.45) is 6.92. The van der Waals surface area contributed by atoms with Gasteiger partial charge in [-0.05, 0) is 43.4 Å². The zero-order valence-electron chi connectivity index (χ0n) is 9.86. The van der Waals surface area contributed by atoms with Gasteiger partial charge in [0.05, 0.1) is 12.2 Å². The normalized spacial score (nSPS) is 18.7.